The molecule has 9 nitrogen and oxygen atoms in total. The zero-order valence-electron chi connectivity index (χ0n) is 19.2. The topological polar surface area (TPSA) is 107 Å². The van der Waals surface area contributed by atoms with Gasteiger partial charge in [-0.3, -0.25) is 19.0 Å². The van der Waals surface area contributed by atoms with Crippen LogP contribution in [0, 0.1) is 5.92 Å². The molecule has 0 aliphatic heterocycles. The van der Waals surface area contributed by atoms with Gasteiger partial charge in [0.25, 0.3) is 11.8 Å². The quantitative estimate of drug-likeness (QED) is 0.453. The van der Waals surface area contributed by atoms with Crippen molar-refractivity contribution in [3.8, 4) is 11.3 Å². The van der Waals surface area contributed by atoms with Crippen LogP contribution in [0.5, 0.6) is 0 Å². The number of rotatable bonds is 7. The van der Waals surface area contributed by atoms with E-state index in [2.05, 4.69) is 20.8 Å². The molecular weight excluding hydrogens is 418 g/mol. The second kappa shape index (κ2) is 9.23. The van der Waals surface area contributed by atoms with Gasteiger partial charge in [0.05, 0.1) is 28.7 Å². The average molecular weight is 446 g/mol. The van der Waals surface area contributed by atoms with Crippen molar-refractivity contribution in [1.82, 2.24) is 29.9 Å². The fraction of sp³-hybridized carbons (Fsp3) is 0.292. The van der Waals surface area contributed by atoms with Gasteiger partial charge >= 0.3 is 0 Å². The molecule has 2 N–H and O–H groups in total. The Kier molecular flexibility index (Phi) is 6.21. The molecule has 4 rings (SSSR count). The molecule has 0 saturated heterocycles. The van der Waals surface area contributed by atoms with Crippen LogP contribution < -0.4 is 10.6 Å². The lowest BCUT2D eigenvalue weighted by Crippen LogP contribution is -2.28. The summed E-state index contributed by atoms with van der Waals surface area (Å²) in [6, 6.07) is 9.22. The highest BCUT2D eigenvalue weighted by Crippen LogP contribution is 2.26. The van der Waals surface area contributed by atoms with Gasteiger partial charge < -0.3 is 10.6 Å². The predicted molar refractivity (Wildman–Crippen MR) is 127 cm³/mol. The van der Waals surface area contributed by atoms with Crippen molar-refractivity contribution in [2.24, 2.45) is 13.0 Å². The highest BCUT2D eigenvalue weighted by atomic mass is 16.2. The number of carbonyl (C=O) groups is 2. The number of hydrogen-bond acceptors (Lipinski definition) is 5. The summed E-state index contributed by atoms with van der Waals surface area (Å²) < 4.78 is 3.32. The van der Waals surface area contributed by atoms with E-state index in [0.29, 0.717) is 41.5 Å². The lowest BCUT2D eigenvalue weighted by atomic mass is 10.0. The molecule has 9 heteroatoms. The van der Waals surface area contributed by atoms with Gasteiger partial charge in [-0.15, -0.1) is 0 Å². The molecule has 0 bridgehead atoms. The first kappa shape index (κ1) is 22.2. The summed E-state index contributed by atoms with van der Waals surface area (Å²) in [4.78, 5) is 30.8. The molecule has 0 radical (unpaired) electrons. The molecule has 33 heavy (non-hydrogen) atoms. The minimum absolute atomic E-state index is 0.191. The SMILES string of the molecule is CCn1cc(NC(=O)c2cc(-c3cnn(C)c3)nc3ccccc23)c(C(=O)NCC(C)C)n1. The van der Waals surface area contributed by atoms with Gasteiger partial charge in [0.2, 0.25) is 0 Å². The maximum Gasteiger partial charge on any atom is 0.273 e. The average Bonchev–Trinajstić information content (AvgIpc) is 3.42. The third kappa shape index (κ3) is 4.77. The van der Waals surface area contributed by atoms with Crippen LogP contribution in [0.3, 0.4) is 0 Å². The molecule has 3 aromatic heterocycles. The number of hydrogen-bond donors (Lipinski definition) is 2. The minimum Gasteiger partial charge on any atom is -0.350 e. The molecule has 0 unspecified atom stereocenters. The monoisotopic (exact) mass is 445 g/mol. The first-order chi connectivity index (χ1) is 15.9. The molecule has 4 aromatic rings. The van der Waals surface area contributed by atoms with Crippen LogP contribution in [-0.4, -0.2) is 42.9 Å². The minimum atomic E-state index is -0.340. The molecule has 1 aromatic carbocycles. The summed E-state index contributed by atoms with van der Waals surface area (Å²) in [6.07, 6.45) is 5.23. The maximum atomic E-state index is 13.4. The Bertz CT molecular complexity index is 1320. The van der Waals surface area contributed by atoms with Crippen LogP contribution in [0.15, 0.2) is 48.9 Å². The van der Waals surface area contributed by atoms with Gasteiger partial charge in [0.15, 0.2) is 5.69 Å². The van der Waals surface area contributed by atoms with Crippen molar-refractivity contribution in [2.75, 3.05) is 11.9 Å². The number of anilines is 1. The van der Waals surface area contributed by atoms with Crippen LogP contribution in [0.1, 0.15) is 41.6 Å². The van der Waals surface area contributed by atoms with Crippen LogP contribution in [0.2, 0.25) is 0 Å². The summed E-state index contributed by atoms with van der Waals surface area (Å²) in [6.45, 7) is 7.05. The second-order valence-electron chi connectivity index (χ2n) is 8.28. The van der Waals surface area contributed by atoms with E-state index in [1.54, 1.807) is 27.8 Å². The summed E-state index contributed by atoms with van der Waals surface area (Å²) >= 11 is 0. The van der Waals surface area contributed by atoms with E-state index in [0.717, 1.165) is 10.9 Å². The van der Waals surface area contributed by atoms with Crippen molar-refractivity contribution < 1.29 is 9.59 Å². The van der Waals surface area contributed by atoms with Crippen LogP contribution >= 0.6 is 0 Å². The molecular formula is C24H27N7O2. The molecule has 170 valence electrons. The molecule has 0 fully saturated rings. The van der Waals surface area contributed by atoms with Gasteiger partial charge in [-0.1, -0.05) is 32.0 Å². The number of fused-ring (bicyclic) bond motifs is 1. The summed E-state index contributed by atoms with van der Waals surface area (Å²) in [5.74, 6) is -0.358. The largest absolute Gasteiger partial charge is 0.350 e. The lowest BCUT2D eigenvalue weighted by Gasteiger charge is -2.10. The van der Waals surface area contributed by atoms with Gasteiger partial charge in [-0.05, 0) is 25.0 Å². The van der Waals surface area contributed by atoms with Crippen LogP contribution in [-0.2, 0) is 13.6 Å². The van der Waals surface area contributed by atoms with E-state index >= 15 is 0 Å². The van der Waals surface area contributed by atoms with Crippen molar-refractivity contribution in [3.05, 3.63) is 60.2 Å². The maximum absolute atomic E-state index is 13.4. The zero-order valence-corrected chi connectivity index (χ0v) is 19.2. The van der Waals surface area contributed by atoms with E-state index in [-0.39, 0.29) is 17.5 Å². The number of pyridine rings is 1. The summed E-state index contributed by atoms with van der Waals surface area (Å²) in [5.41, 5.74) is 3.17. The van der Waals surface area contributed by atoms with Gasteiger partial charge in [-0.25, -0.2) is 4.98 Å². The van der Waals surface area contributed by atoms with Crippen molar-refractivity contribution >= 4 is 28.4 Å². The first-order valence-electron chi connectivity index (χ1n) is 10.9. The third-order valence-corrected chi connectivity index (χ3v) is 5.18. The lowest BCUT2D eigenvalue weighted by molar-refractivity contribution is 0.0944. The number of aromatic nitrogens is 5. The Balaban J connectivity index is 1.71. The van der Waals surface area contributed by atoms with Gasteiger partial charge in [-0.2, -0.15) is 10.2 Å². The number of nitrogens with one attached hydrogen (secondary N) is 2. The molecule has 3 heterocycles. The fourth-order valence-corrected chi connectivity index (χ4v) is 3.48. The molecule has 0 spiro atoms. The van der Waals surface area contributed by atoms with E-state index in [4.69, 9.17) is 4.98 Å². The normalized spacial score (nSPS) is 11.2. The number of amides is 2. The third-order valence-electron chi connectivity index (χ3n) is 5.18. The number of carbonyl (C=O) groups excluding carboxylic acids is 2. The Morgan fingerprint density at radius 1 is 1.12 bits per heavy atom. The summed E-state index contributed by atoms with van der Waals surface area (Å²) in [5, 5.41) is 15.0. The van der Waals surface area contributed by atoms with Crippen molar-refractivity contribution in [2.45, 2.75) is 27.3 Å². The standard InChI is InChI=1S/C24H27N7O2/c1-5-31-14-21(22(29-31)24(33)25-11-15(2)3)28-23(32)18-10-20(16-12-26-30(4)13-16)27-19-9-7-6-8-17(18)19/h6-10,12-15H,5,11H2,1-4H3,(H,25,33)(H,28,32). The number of para-hydroxylation sites is 1. The second-order valence-corrected chi connectivity index (χ2v) is 8.28. The fourth-order valence-electron chi connectivity index (χ4n) is 3.48. The van der Waals surface area contributed by atoms with Gasteiger partial charge in [0, 0.05) is 43.5 Å². The predicted octanol–water partition coefficient (Wildman–Crippen LogP) is 3.49. The van der Waals surface area contributed by atoms with E-state index in [9.17, 15) is 9.59 Å². The van der Waals surface area contributed by atoms with Crippen molar-refractivity contribution in [1.29, 1.82) is 0 Å². The Morgan fingerprint density at radius 2 is 1.91 bits per heavy atom. The van der Waals surface area contributed by atoms with E-state index in [1.807, 2.05) is 58.3 Å². The van der Waals surface area contributed by atoms with Crippen molar-refractivity contribution in [3.63, 3.8) is 0 Å². The van der Waals surface area contributed by atoms with Gasteiger partial charge in [0.1, 0.15) is 0 Å². The zero-order chi connectivity index (χ0) is 23.5. The molecule has 0 aliphatic carbocycles. The van der Waals surface area contributed by atoms with E-state index < -0.39 is 0 Å². The van der Waals surface area contributed by atoms with E-state index in [1.165, 1.54) is 0 Å². The highest BCUT2D eigenvalue weighted by molar-refractivity contribution is 6.14. The van der Waals surface area contributed by atoms with Crippen LogP contribution in [0.25, 0.3) is 22.2 Å². The smallest absolute Gasteiger partial charge is 0.273 e. The number of aryl methyl sites for hydroxylation is 2. The molecule has 0 aliphatic rings. The summed E-state index contributed by atoms with van der Waals surface area (Å²) in [7, 11) is 1.83. The number of benzene rings is 1. The highest BCUT2D eigenvalue weighted by Gasteiger charge is 2.21. The Hall–Kier alpha value is -4.01. The first-order valence-corrected chi connectivity index (χ1v) is 10.9. The number of nitrogens with zero attached hydrogens (tertiary/aromatic N) is 5. The molecule has 0 saturated carbocycles. The Morgan fingerprint density at radius 3 is 2.61 bits per heavy atom. The molecule has 0 atom stereocenters. The Labute approximate surface area is 191 Å². The molecule has 2 amide bonds. The van der Waals surface area contributed by atoms with Crippen LogP contribution in [0.4, 0.5) is 5.69 Å².